The topological polar surface area (TPSA) is 88.4 Å². The second-order valence-electron chi connectivity index (χ2n) is 3.72. The van der Waals surface area contributed by atoms with Gasteiger partial charge in [0.1, 0.15) is 0 Å². The molecule has 7 heteroatoms. The summed E-state index contributed by atoms with van der Waals surface area (Å²) in [7, 11) is -1.89. The molecule has 0 radical (unpaired) electrons. The summed E-state index contributed by atoms with van der Waals surface area (Å²) < 4.78 is 35.7. The lowest BCUT2D eigenvalue weighted by Crippen LogP contribution is -2.20. The minimum absolute atomic E-state index is 0.106. The number of hydrogen-bond donors (Lipinski definition) is 1. The lowest BCUT2D eigenvalue weighted by atomic mass is 10.2. The molecule has 104 valence electrons. The fourth-order valence-corrected chi connectivity index (χ4v) is 2.19. The predicted molar refractivity (Wildman–Crippen MR) is 71.3 cm³/mol. The van der Waals surface area contributed by atoms with Crippen LogP contribution in [0.3, 0.4) is 0 Å². The van der Waals surface area contributed by atoms with Gasteiger partial charge in [-0.15, -0.1) is 0 Å². The number of sulfonamides is 1. The highest BCUT2D eigenvalue weighted by Crippen LogP contribution is 2.10. The number of methoxy groups -OCH3 is 1. The highest BCUT2D eigenvalue weighted by atomic mass is 32.2. The summed E-state index contributed by atoms with van der Waals surface area (Å²) in [6.07, 6.45) is 0. The summed E-state index contributed by atoms with van der Waals surface area (Å²) in [5, 5.41) is 8.63. The van der Waals surface area contributed by atoms with Gasteiger partial charge in [0.2, 0.25) is 10.0 Å². The van der Waals surface area contributed by atoms with Crippen molar-refractivity contribution in [1.29, 1.82) is 5.26 Å². The quantitative estimate of drug-likeness (QED) is 0.718. The average Bonchev–Trinajstić information content (AvgIpc) is 2.39. The largest absolute Gasteiger partial charge is 0.382 e. The monoisotopic (exact) mass is 284 g/mol. The molecule has 0 unspecified atom stereocenters. The Hall–Kier alpha value is -1.62. The molecule has 1 N–H and O–H groups in total. The van der Waals surface area contributed by atoms with Crippen molar-refractivity contribution in [3.63, 3.8) is 0 Å². The van der Waals surface area contributed by atoms with Gasteiger partial charge in [-0.25, -0.2) is 8.42 Å². The zero-order chi connectivity index (χ0) is 14.1. The zero-order valence-corrected chi connectivity index (χ0v) is 11.4. The molecular weight excluding hydrogens is 268 g/mol. The molecule has 0 aliphatic carbocycles. The van der Waals surface area contributed by atoms with Crippen molar-refractivity contribution < 1.29 is 17.9 Å². The molecule has 0 saturated carbocycles. The van der Waals surface area contributed by atoms with E-state index in [0.717, 1.165) is 0 Å². The van der Waals surface area contributed by atoms with Crippen molar-refractivity contribution in [1.82, 2.24) is 0 Å². The Morgan fingerprint density at radius 2 is 1.89 bits per heavy atom. The maximum atomic E-state index is 11.7. The number of benzene rings is 1. The molecule has 1 rings (SSSR count). The van der Waals surface area contributed by atoms with Crippen LogP contribution in [0.2, 0.25) is 0 Å². The highest BCUT2D eigenvalue weighted by molar-refractivity contribution is 7.92. The number of ether oxygens (including phenoxy) is 2. The van der Waals surface area contributed by atoms with Crippen LogP contribution in [0.1, 0.15) is 5.56 Å². The molecule has 0 aliphatic heterocycles. The van der Waals surface area contributed by atoms with Gasteiger partial charge in [-0.2, -0.15) is 5.26 Å². The molecule has 1 aromatic carbocycles. The third-order valence-electron chi connectivity index (χ3n) is 2.22. The smallest absolute Gasteiger partial charge is 0.234 e. The van der Waals surface area contributed by atoms with Crippen LogP contribution in [-0.2, 0) is 19.5 Å². The Labute approximate surface area is 113 Å². The van der Waals surface area contributed by atoms with Gasteiger partial charge in [0.05, 0.1) is 37.2 Å². The van der Waals surface area contributed by atoms with Crippen molar-refractivity contribution in [3.8, 4) is 6.07 Å². The minimum Gasteiger partial charge on any atom is -0.382 e. The minimum atomic E-state index is -3.44. The van der Waals surface area contributed by atoms with E-state index in [0.29, 0.717) is 24.5 Å². The third-order valence-corrected chi connectivity index (χ3v) is 3.47. The van der Waals surface area contributed by atoms with Crippen LogP contribution in [0.5, 0.6) is 0 Å². The molecule has 0 bridgehead atoms. The van der Waals surface area contributed by atoms with Crippen LogP contribution in [-0.4, -0.2) is 41.1 Å². The number of nitriles is 1. The summed E-state index contributed by atoms with van der Waals surface area (Å²) in [5.41, 5.74) is 0.904. The van der Waals surface area contributed by atoms with E-state index in [-0.39, 0.29) is 12.4 Å². The molecule has 0 saturated heterocycles. The predicted octanol–water partition coefficient (Wildman–Crippen LogP) is 0.963. The van der Waals surface area contributed by atoms with Crippen LogP contribution in [0.4, 0.5) is 5.69 Å². The van der Waals surface area contributed by atoms with Gasteiger partial charge in [-0.05, 0) is 24.3 Å². The van der Waals surface area contributed by atoms with E-state index in [1.54, 1.807) is 31.4 Å². The van der Waals surface area contributed by atoms with E-state index in [1.165, 1.54) is 0 Å². The van der Waals surface area contributed by atoms with Gasteiger partial charge in [-0.1, -0.05) is 0 Å². The van der Waals surface area contributed by atoms with Crippen LogP contribution in [0.15, 0.2) is 24.3 Å². The molecule has 6 nitrogen and oxygen atoms in total. The van der Waals surface area contributed by atoms with Crippen molar-refractivity contribution in [2.24, 2.45) is 0 Å². The van der Waals surface area contributed by atoms with Gasteiger partial charge in [0.25, 0.3) is 0 Å². The fourth-order valence-electron chi connectivity index (χ4n) is 1.26. The Morgan fingerprint density at radius 1 is 1.21 bits per heavy atom. The Kier molecular flexibility index (Phi) is 6.29. The van der Waals surface area contributed by atoms with E-state index in [2.05, 4.69) is 4.72 Å². The Bertz CT molecular complexity index is 520. The summed E-state index contributed by atoms with van der Waals surface area (Å²) in [5.74, 6) is -0.128. The lowest BCUT2D eigenvalue weighted by molar-refractivity contribution is 0.0785. The Balaban J connectivity index is 2.43. The molecule has 0 fully saturated rings. The van der Waals surface area contributed by atoms with Crippen molar-refractivity contribution in [2.45, 2.75) is 0 Å². The lowest BCUT2D eigenvalue weighted by Gasteiger charge is -2.08. The fraction of sp³-hybridized carbons (Fsp3) is 0.417. The first-order valence-electron chi connectivity index (χ1n) is 5.65. The number of anilines is 1. The van der Waals surface area contributed by atoms with Crippen LogP contribution in [0, 0.1) is 11.3 Å². The van der Waals surface area contributed by atoms with E-state index in [4.69, 9.17) is 14.7 Å². The SMILES string of the molecule is COCCOCCS(=O)(=O)Nc1ccc(C#N)cc1. The standard InChI is InChI=1S/C12H16N2O4S/c1-17-6-7-18-8-9-19(15,16)14-12-4-2-11(10-13)3-5-12/h2-5,14H,6-9H2,1H3. The second kappa shape index (κ2) is 7.74. The molecule has 19 heavy (non-hydrogen) atoms. The molecule has 1 aromatic rings. The zero-order valence-electron chi connectivity index (χ0n) is 10.6. The van der Waals surface area contributed by atoms with Crippen LogP contribution in [0.25, 0.3) is 0 Å². The summed E-state index contributed by atoms with van der Waals surface area (Å²) >= 11 is 0. The van der Waals surface area contributed by atoms with Gasteiger partial charge >= 0.3 is 0 Å². The first kappa shape index (κ1) is 15.4. The molecule has 0 aliphatic rings. The molecule has 0 atom stereocenters. The number of hydrogen-bond acceptors (Lipinski definition) is 5. The van der Waals surface area contributed by atoms with Gasteiger partial charge in [-0.3, -0.25) is 4.72 Å². The van der Waals surface area contributed by atoms with E-state index >= 15 is 0 Å². The summed E-state index contributed by atoms with van der Waals surface area (Å²) in [6, 6.07) is 8.15. The molecule has 0 aromatic heterocycles. The average molecular weight is 284 g/mol. The molecule has 0 heterocycles. The molecule has 0 spiro atoms. The first-order valence-corrected chi connectivity index (χ1v) is 7.30. The number of rotatable bonds is 8. The molecule has 0 amide bonds. The van der Waals surface area contributed by atoms with E-state index in [1.807, 2.05) is 6.07 Å². The van der Waals surface area contributed by atoms with Crippen molar-refractivity contribution >= 4 is 15.7 Å². The number of nitrogens with zero attached hydrogens (tertiary/aromatic N) is 1. The first-order chi connectivity index (χ1) is 9.07. The van der Waals surface area contributed by atoms with Crippen molar-refractivity contribution in [3.05, 3.63) is 29.8 Å². The summed E-state index contributed by atoms with van der Waals surface area (Å²) in [4.78, 5) is 0. The Morgan fingerprint density at radius 3 is 2.47 bits per heavy atom. The number of nitrogens with one attached hydrogen (secondary N) is 1. The second-order valence-corrected chi connectivity index (χ2v) is 5.56. The van der Waals surface area contributed by atoms with Crippen LogP contribution < -0.4 is 4.72 Å². The molecular formula is C12H16N2O4S. The van der Waals surface area contributed by atoms with E-state index < -0.39 is 10.0 Å². The van der Waals surface area contributed by atoms with Gasteiger partial charge in [0, 0.05) is 12.8 Å². The van der Waals surface area contributed by atoms with Crippen molar-refractivity contribution in [2.75, 3.05) is 37.4 Å². The van der Waals surface area contributed by atoms with Crippen LogP contribution >= 0.6 is 0 Å². The van der Waals surface area contributed by atoms with E-state index in [9.17, 15) is 8.42 Å². The van der Waals surface area contributed by atoms with Gasteiger partial charge < -0.3 is 9.47 Å². The maximum absolute atomic E-state index is 11.7. The summed E-state index contributed by atoms with van der Waals surface area (Å²) in [6.45, 7) is 0.904. The normalized spacial score (nSPS) is 10.9. The highest BCUT2D eigenvalue weighted by Gasteiger charge is 2.10. The third kappa shape index (κ3) is 6.20. The van der Waals surface area contributed by atoms with Gasteiger partial charge in [0.15, 0.2) is 0 Å². The maximum Gasteiger partial charge on any atom is 0.234 e.